The summed E-state index contributed by atoms with van der Waals surface area (Å²) in [7, 11) is 0. The van der Waals surface area contributed by atoms with Crippen LogP contribution in [0.1, 0.15) is 33.1 Å². The van der Waals surface area contributed by atoms with E-state index >= 15 is 0 Å². The molecule has 0 nitrogen and oxygen atoms in total. The Kier molecular flexibility index (Phi) is 0.735. The van der Waals surface area contributed by atoms with Gasteiger partial charge in [-0.25, -0.2) is 0 Å². The summed E-state index contributed by atoms with van der Waals surface area (Å²) in [6.07, 6.45) is 4.67. The summed E-state index contributed by atoms with van der Waals surface area (Å²) >= 11 is 0. The van der Waals surface area contributed by atoms with Crippen LogP contribution in [0.15, 0.2) is 0 Å². The number of fused-ring (bicyclic) bond motifs is 1. The average Bonchev–Trinajstić information content (AvgIpc) is 2.23. The maximum Gasteiger partial charge on any atom is -0.0207 e. The molecule has 10 heavy (non-hydrogen) atoms. The minimum Gasteiger partial charge on any atom is -0.0622 e. The first-order chi connectivity index (χ1) is 4.77. The molecule has 0 amide bonds. The number of rotatable bonds is 0. The molecule has 1 spiro atoms. The molecule has 0 heterocycles. The second-order valence-corrected chi connectivity index (χ2v) is 4.90. The fourth-order valence-corrected chi connectivity index (χ4v) is 4.26. The predicted octanol–water partition coefficient (Wildman–Crippen LogP) is 2.69. The molecule has 3 rings (SSSR count). The predicted molar refractivity (Wildman–Crippen MR) is 41.6 cm³/mol. The van der Waals surface area contributed by atoms with Crippen LogP contribution in [0.5, 0.6) is 0 Å². The van der Waals surface area contributed by atoms with Crippen molar-refractivity contribution < 1.29 is 0 Å². The molecule has 0 radical (unpaired) electrons. The quantitative estimate of drug-likeness (QED) is 0.480. The van der Waals surface area contributed by atoms with Gasteiger partial charge in [-0.05, 0) is 48.3 Å². The standard InChI is InChI=1S/C10H16/c1-6-3-4-10-7(2)5-8(10)9(6)10/h6-9H,3-5H2,1-2H3. The third-order valence-corrected chi connectivity index (χ3v) is 4.81. The Balaban J connectivity index is 1.94. The van der Waals surface area contributed by atoms with Gasteiger partial charge in [-0.3, -0.25) is 0 Å². The lowest BCUT2D eigenvalue weighted by Crippen LogP contribution is -2.24. The summed E-state index contributed by atoms with van der Waals surface area (Å²) in [5.74, 6) is 4.55. The van der Waals surface area contributed by atoms with Gasteiger partial charge in [0.2, 0.25) is 0 Å². The van der Waals surface area contributed by atoms with E-state index < -0.39 is 0 Å². The van der Waals surface area contributed by atoms with Crippen LogP contribution < -0.4 is 0 Å². The van der Waals surface area contributed by atoms with Gasteiger partial charge in [0.05, 0.1) is 0 Å². The molecule has 3 aliphatic rings. The normalized spacial score (nSPS) is 70.2. The molecular formula is C10H16. The molecular weight excluding hydrogens is 120 g/mol. The molecule has 0 bridgehead atoms. The molecule has 56 valence electrons. The fraction of sp³-hybridized carbons (Fsp3) is 1.00. The van der Waals surface area contributed by atoms with Gasteiger partial charge in [0, 0.05) is 0 Å². The van der Waals surface area contributed by atoms with Crippen LogP contribution in [0.3, 0.4) is 0 Å². The largest absolute Gasteiger partial charge is 0.0622 e. The number of hydrogen-bond donors (Lipinski definition) is 0. The minimum absolute atomic E-state index is 0.930. The molecule has 5 atom stereocenters. The highest BCUT2D eigenvalue weighted by Crippen LogP contribution is 2.83. The van der Waals surface area contributed by atoms with Gasteiger partial charge >= 0.3 is 0 Å². The van der Waals surface area contributed by atoms with Crippen LogP contribution in [0.2, 0.25) is 0 Å². The highest BCUT2D eigenvalue weighted by atomic mass is 14.8. The van der Waals surface area contributed by atoms with E-state index in [0.29, 0.717) is 0 Å². The Morgan fingerprint density at radius 3 is 2.50 bits per heavy atom. The highest BCUT2D eigenvalue weighted by molar-refractivity contribution is 5.24. The molecule has 3 aliphatic carbocycles. The highest BCUT2D eigenvalue weighted by Gasteiger charge is 2.76. The lowest BCUT2D eigenvalue weighted by Gasteiger charge is -2.32. The maximum absolute atomic E-state index is 2.47. The summed E-state index contributed by atoms with van der Waals surface area (Å²) in [6, 6.07) is 0. The van der Waals surface area contributed by atoms with Crippen molar-refractivity contribution in [1.29, 1.82) is 0 Å². The molecule has 0 aromatic rings. The van der Waals surface area contributed by atoms with E-state index in [4.69, 9.17) is 0 Å². The zero-order valence-electron chi connectivity index (χ0n) is 6.93. The Morgan fingerprint density at radius 1 is 1.30 bits per heavy atom. The SMILES string of the molecule is CC1CCC23C(C)CC2C13. The van der Waals surface area contributed by atoms with Gasteiger partial charge in [0.1, 0.15) is 0 Å². The van der Waals surface area contributed by atoms with E-state index in [0.717, 1.165) is 17.3 Å². The Hall–Kier alpha value is 0. The first-order valence-corrected chi connectivity index (χ1v) is 4.77. The molecule has 3 saturated carbocycles. The van der Waals surface area contributed by atoms with Crippen molar-refractivity contribution in [2.75, 3.05) is 0 Å². The van der Waals surface area contributed by atoms with Crippen LogP contribution in [0.25, 0.3) is 0 Å². The third kappa shape index (κ3) is 0.339. The van der Waals surface area contributed by atoms with Crippen LogP contribution in [-0.2, 0) is 0 Å². The Morgan fingerprint density at radius 2 is 2.10 bits per heavy atom. The van der Waals surface area contributed by atoms with Crippen LogP contribution >= 0.6 is 0 Å². The third-order valence-electron chi connectivity index (χ3n) is 4.81. The molecule has 0 aromatic carbocycles. The van der Waals surface area contributed by atoms with Crippen molar-refractivity contribution in [2.45, 2.75) is 33.1 Å². The monoisotopic (exact) mass is 136 g/mol. The summed E-state index contributed by atoms with van der Waals surface area (Å²) in [5.41, 5.74) is 0.930. The van der Waals surface area contributed by atoms with Gasteiger partial charge in [-0.1, -0.05) is 13.8 Å². The van der Waals surface area contributed by atoms with Crippen LogP contribution in [0, 0.1) is 29.1 Å². The van der Waals surface area contributed by atoms with E-state index in [1.807, 2.05) is 0 Å². The van der Waals surface area contributed by atoms with E-state index in [9.17, 15) is 0 Å². The van der Waals surface area contributed by atoms with Crippen molar-refractivity contribution >= 4 is 0 Å². The summed E-state index contributed by atoms with van der Waals surface area (Å²) in [6.45, 7) is 4.93. The van der Waals surface area contributed by atoms with Gasteiger partial charge in [0.25, 0.3) is 0 Å². The molecule has 3 fully saturated rings. The first-order valence-electron chi connectivity index (χ1n) is 4.77. The van der Waals surface area contributed by atoms with Crippen molar-refractivity contribution in [3.8, 4) is 0 Å². The maximum atomic E-state index is 2.47. The second kappa shape index (κ2) is 1.31. The van der Waals surface area contributed by atoms with E-state index in [2.05, 4.69) is 13.8 Å². The van der Waals surface area contributed by atoms with Crippen molar-refractivity contribution in [2.24, 2.45) is 29.1 Å². The van der Waals surface area contributed by atoms with Crippen molar-refractivity contribution in [3.63, 3.8) is 0 Å². The summed E-state index contributed by atoms with van der Waals surface area (Å²) < 4.78 is 0. The molecule has 5 unspecified atom stereocenters. The fourth-order valence-electron chi connectivity index (χ4n) is 4.26. The zero-order valence-corrected chi connectivity index (χ0v) is 6.93. The molecule has 0 aliphatic heterocycles. The van der Waals surface area contributed by atoms with E-state index in [1.54, 1.807) is 12.8 Å². The molecule has 0 N–H and O–H groups in total. The Bertz CT molecular complexity index is 182. The lowest BCUT2D eigenvalue weighted by atomic mass is 9.72. The second-order valence-electron chi connectivity index (χ2n) is 4.90. The lowest BCUT2D eigenvalue weighted by molar-refractivity contribution is 0.167. The van der Waals surface area contributed by atoms with Gasteiger partial charge in [0.15, 0.2) is 0 Å². The Labute approximate surface area is 63.0 Å². The van der Waals surface area contributed by atoms with Gasteiger partial charge in [-0.15, -0.1) is 0 Å². The molecule has 0 saturated heterocycles. The summed E-state index contributed by atoms with van der Waals surface area (Å²) in [4.78, 5) is 0. The average molecular weight is 136 g/mol. The molecule has 0 aromatic heterocycles. The van der Waals surface area contributed by atoms with Gasteiger partial charge in [-0.2, -0.15) is 0 Å². The van der Waals surface area contributed by atoms with E-state index in [1.165, 1.54) is 18.3 Å². The smallest absolute Gasteiger partial charge is 0.0207 e. The summed E-state index contributed by atoms with van der Waals surface area (Å²) in [5, 5.41) is 0. The van der Waals surface area contributed by atoms with Crippen LogP contribution in [0.4, 0.5) is 0 Å². The van der Waals surface area contributed by atoms with Crippen molar-refractivity contribution in [1.82, 2.24) is 0 Å². The van der Waals surface area contributed by atoms with Gasteiger partial charge < -0.3 is 0 Å². The zero-order chi connectivity index (χ0) is 6.93. The van der Waals surface area contributed by atoms with Crippen molar-refractivity contribution in [3.05, 3.63) is 0 Å². The number of hydrogen-bond acceptors (Lipinski definition) is 0. The van der Waals surface area contributed by atoms with E-state index in [-0.39, 0.29) is 0 Å². The van der Waals surface area contributed by atoms with Crippen LogP contribution in [-0.4, -0.2) is 0 Å². The topological polar surface area (TPSA) is 0 Å². The first kappa shape index (κ1) is 5.62. The molecule has 0 heteroatoms. The minimum atomic E-state index is 0.930.